The van der Waals surface area contributed by atoms with E-state index < -0.39 is 11.9 Å². The minimum absolute atomic E-state index is 0.110. The third kappa shape index (κ3) is 5.52. The number of nitrogens with two attached hydrogens (primary N) is 1. The molecule has 2 aromatic carbocycles. The predicted octanol–water partition coefficient (Wildman–Crippen LogP) is 3.75. The predicted molar refractivity (Wildman–Crippen MR) is 138 cm³/mol. The second kappa shape index (κ2) is 11.1. The maximum absolute atomic E-state index is 13.2. The molecule has 3 N–H and O–H groups in total. The largest absolute Gasteiger partial charge is 0.462 e. The number of primary amides is 1. The van der Waals surface area contributed by atoms with Crippen LogP contribution in [-0.2, 0) is 9.53 Å². The van der Waals surface area contributed by atoms with Crippen LogP contribution in [0.2, 0.25) is 5.02 Å². The lowest BCUT2D eigenvalue weighted by atomic mass is 9.96. The van der Waals surface area contributed by atoms with Gasteiger partial charge in [0.15, 0.2) is 0 Å². The number of carbonyl (C=O) groups excluding carboxylic acids is 3. The molecule has 10 heteroatoms. The molecule has 0 saturated carbocycles. The first-order valence-corrected chi connectivity index (χ1v) is 12.5. The lowest BCUT2D eigenvalue weighted by molar-refractivity contribution is -0.119. The zero-order valence-electron chi connectivity index (χ0n) is 20.4. The summed E-state index contributed by atoms with van der Waals surface area (Å²) in [7, 11) is 0. The standard InChI is InChI=1S/C26H30ClN5O4/c1-3-36-26(35)17-7-10-22(20(14-17)24(28)33)32-23(19-9-8-18(27)13-16(19)2)15-21(29-32)25(34)30-31-11-5-4-6-12-31/h7-10,13-14,23H,3-6,11-12,15H2,1-2H3,(H2,28,33)(H,30,34). The van der Waals surface area contributed by atoms with Gasteiger partial charge in [0.2, 0.25) is 0 Å². The molecule has 4 rings (SSSR count). The first-order chi connectivity index (χ1) is 17.3. The number of esters is 1. The third-order valence-corrected chi connectivity index (χ3v) is 6.63. The molecular weight excluding hydrogens is 482 g/mol. The van der Waals surface area contributed by atoms with Crippen LogP contribution in [0.15, 0.2) is 41.5 Å². The number of carbonyl (C=O) groups is 3. The third-order valence-electron chi connectivity index (χ3n) is 6.40. The van der Waals surface area contributed by atoms with Gasteiger partial charge in [-0.2, -0.15) is 5.10 Å². The highest BCUT2D eigenvalue weighted by atomic mass is 35.5. The summed E-state index contributed by atoms with van der Waals surface area (Å²) in [5, 5.41) is 8.81. The number of nitrogens with zero attached hydrogens (tertiary/aromatic N) is 3. The Morgan fingerprint density at radius 1 is 1.14 bits per heavy atom. The molecule has 2 aliphatic rings. The van der Waals surface area contributed by atoms with Gasteiger partial charge in [-0.25, -0.2) is 9.80 Å². The van der Waals surface area contributed by atoms with Gasteiger partial charge in [-0.1, -0.05) is 24.1 Å². The van der Waals surface area contributed by atoms with Crippen LogP contribution < -0.4 is 16.2 Å². The summed E-state index contributed by atoms with van der Waals surface area (Å²) in [6.07, 6.45) is 3.52. The normalized spacial score (nSPS) is 18.0. The van der Waals surface area contributed by atoms with E-state index in [0.717, 1.165) is 43.5 Å². The Labute approximate surface area is 215 Å². The molecule has 0 spiro atoms. The Balaban J connectivity index is 1.73. The Bertz CT molecular complexity index is 1210. The van der Waals surface area contributed by atoms with E-state index in [1.807, 2.05) is 24.1 Å². The van der Waals surface area contributed by atoms with Crippen LogP contribution in [-0.4, -0.2) is 48.2 Å². The number of anilines is 1. The average molecular weight is 512 g/mol. The summed E-state index contributed by atoms with van der Waals surface area (Å²) in [6.45, 7) is 5.43. The first-order valence-electron chi connectivity index (χ1n) is 12.1. The van der Waals surface area contributed by atoms with Crippen LogP contribution in [0.25, 0.3) is 0 Å². The molecule has 1 atom stereocenters. The fourth-order valence-electron chi connectivity index (χ4n) is 4.61. The van der Waals surface area contributed by atoms with Gasteiger partial charge >= 0.3 is 5.97 Å². The van der Waals surface area contributed by atoms with E-state index >= 15 is 0 Å². The van der Waals surface area contributed by atoms with E-state index in [1.165, 1.54) is 6.07 Å². The Morgan fingerprint density at radius 3 is 2.56 bits per heavy atom. The number of hydrazone groups is 1. The van der Waals surface area contributed by atoms with Crippen molar-refractivity contribution in [1.82, 2.24) is 10.4 Å². The molecule has 9 nitrogen and oxygen atoms in total. The van der Waals surface area contributed by atoms with Gasteiger partial charge in [0, 0.05) is 24.5 Å². The van der Waals surface area contributed by atoms with Crippen molar-refractivity contribution in [3.8, 4) is 0 Å². The summed E-state index contributed by atoms with van der Waals surface area (Å²) in [5.74, 6) is -1.55. The first kappa shape index (κ1) is 25.7. The molecule has 0 aromatic heterocycles. The highest BCUT2D eigenvalue weighted by Gasteiger charge is 2.35. The van der Waals surface area contributed by atoms with Crippen molar-refractivity contribution in [2.24, 2.45) is 10.8 Å². The molecule has 1 fully saturated rings. The molecule has 36 heavy (non-hydrogen) atoms. The SMILES string of the molecule is CCOC(=O)c1ccc(N2N=C(C(=O)NN3CCCCC3)CC2c2ccc(Cl)cc2C)c(C(N)=O)c1. The average Bonchev–Trinajstić information content (AvgIpc) is 3.29. The van der Waals surface area contributed by atoms with Crippen LogP contribution in [0.3, 0.4) is 0 Å². The molecule has 190 valence electrons. The molecule has 0 radical (unpaired) electrons. The number of hydrogen-bond acceptors (Lipinski definition) is 7. The number of nitrogens with one attached hydrogen (secondary N) is 1. The van der Waals surface area contributed by atoms with Crippen molar-refractivity contribution in [2.75, 3.05) is 24.7 Å². The minimum atomic E-state index is -0.718. The molecular formula is C26H30ClN5O4. The lowest BCUT2D eigenvalue weighted by Crippen LogP contribution is -2.47. The highest BCUT2D eigenvalue weighted by molar-refractivity contribution is 6.39. The number of amides is 2. The molecule has 1 saturated heterocycles. The number of halogens is 1. The summed E-state index contributed by atoms with van der Waals surface area (Å²) < 4.78 is 5.06. The van der Waals surface area contributed by atoms with Crippen LogP contribution >= 0.6 is 11.6 Å². The van der Waals surface area contributed by atoms with E-state index in [2.05, 4.69) is 10.5 Å². The second-order valence-corrected chi connectivity index (χ2v) is 9.35. The number of ether oxygens (including phenoxy) is 1. The lowest BCUT2D eigenvalue weighted by Gasteiger charge is -2.27. The maximum Gasteiger partial charge on any atom is 0.338 e. The van der Waals surface area contributed by atoms with Crippen LogP contribution in [0.1, 0.15) is 70.5 Å². The minimum Gasteiger partial charge on any atom is -0.462 e. The highest BCUT2D eigenvalue weighted by Crippen LogP contribution is 2.39. The van der Waals surface area contributed by atoms with Crippen molar-refractivity contribution in [1.29, 1.82) is 0 Å². The number of rotatable bonds is 7. The number of benzene rings is 2. The summed E-state index contributed by atoms with van der Waals surface area (Å²) in [6, 6.07) is 9.73. The van der Waals surface area contributed by atoms with Crippen molar-refractivity contribution in [2.45, 2.75) is 45.6 Å². The van der Waals surface area contributed by atoms with E-state index in [4.69, 9.17) is 22.1 Å². The van der Waals surface area contributed by atoms with Gasteiger partial charge in [0.05, 0.1) is 29.5 Å². The fourth-order valence-corrected chi connectivity index (χ4v) is 4.84. The summed E-state index contributed by atoms with van der Waals surface area (Å²) >= 11 is 6.19. The monoisotopic (exact) mass is 511 g/mol. The fraction of sp³-hybridized carbons (Fsp3) is 0.385. The van der Waals surface area contributed by atoms with Crippen LogP contribution in [0.5, 0.6) is 0 Å². The van der Waals surface area contributed by atoms with Gasteiger partial charge in [0.25, 0.3) is 11.8 Å². The maximum atomic E-state index is 13.2. The molecule has 2 aliphatic heterocycles. The Hall–Kier alpha value is -3.43. The molecule has 0 bridgehead atoms. The smallest absolute Gasteiger partial charge is 0.338 e. The number of hydrazine groups is 1. The quantitative estimate of drug-likeness (QED) is 0.547. The zero-order chi connectivity index (χ0) is 25.8. The molecule has 2 aromatic rings. The van der Waals surface area contributed by atoms with Gasteiger partial charge in [0.1, 0.15) is 5.71 Å². The van der Waals surface area contributed by atoms with Crippen molar-refractivity contribution >= 4 is 40.8 Å². The van der Waals surface area contributed by atoms with Crippen molar-refractivity contribution in [3.05, 3.63) is 63.7 Å². The van der Waals surface area contributed by atoms with E-state index in [-0.39, 0.29) is 29.7 Å². The molecule has 1 unspecified atom stereocenters. The van der Waals surface area contributed by atoms with E-state index in [1.54, 1.807) is 30.1 Å². The van der Waals surface area contributed by atoms with E-state index in [9.17, 15) is 14.4 Å². The number of hydrogen-bond donors (Lipinski definition) is 2. The number of piperidine rings is 1. The summed E-state index contributed by atoms with van der Waals surface area (Å²) in [4.78, 5) is 37.9. The van der Waals surface area contributed by atoms with Crippen LogP contribution in [0, 0.1) is 6.92 Å². The Morgan fingerprint density at radius 2 is 1.89 bits per heavy atom. The Kier molecular flexibility index (Phi) is 7.91. The summed E-state index contributed by atoms with van der Waals surface area (Å²) in [5.41, 5.74) is 11.6. The van der Waals surface area contributed by atoms with Gasteiger partial charge < -0.3 is 10.5 Å². The van der Waals surface area contributed by atoms with Gasteiger partial charge in [-0.05, 0) is 68.1 Å². The molecule has 2 heterocycles. The van der Waals surface area contributed by atoms with Crippen molar-refractivity contribution in [3.63, 3.8) is 0 Å². The molecule has 2 amide bonds. The van der Waals surface area contributed by atoms with Crippen molar-refractivity contribution < 1.29 is 19.1 Å². The van der Waals surface area contributed by atoms with Crippen LogP contribution in [0.4, 0.5) is 5.69 Å². The second-order valence-electron chi connectivity index (χ2n) is 8.92. The number of aryl methyl sites for hydroxylation is 1. The van der Waals surface area contributed by atoms with E-state index in [0.29, 0.717) is 22.8 Å². The van der Waals surface area contributed by atoms with Gasteiger partial charge in [-0.15, -0.1) is 0 Å². The molecule has 0 aliphatic carbocycles. The van der Waals surface area contributed by atoms with Gasteiger partial charge in [-0.3, -0.25) is 20.0 Å². The topological polar surface area (TPSA) is 117 Å². The zero-order valence-corrected chi connectivity index (χ0v) is 21.2.